The maximum Gasteiger partial charge on any atom is 0.0562 e. The average Bonchev–Trinajstić information content (AvgIpc) is 4.10. The Morgan fingerprint density at radius 3 is 0.675 bits per heavy atom. The van der Waals surface area contributed by atoms with Crippen molar-refractivity contribution in [3.8, 4) is 100 Å². The normalized spacial score (nSPS) is 11.5. The predicted molar refractivity (Wildman–Crippen MR) is 339 cm³/mol. The molecule has 0 aliphatic carbocycles. The van der Waals surface area contributed by atoms with Crippen LogP contribution in [-0.4, -0.2) is 9.13 Å². The summed E-state index contributed by atoms with van der Waals surface area (Å²) >= 11 is 0. The van der Waals surface area contributed by atoms with Gasteiger partial charge >= 0.3 is 0 Å². The number of nitrogens with zero attached hydrogens (tertiary/aromatic N) is 2. The molecule has 0 unspecified atom stereocenters. The Morgan fingerprint density at radius 1 is 0.138 bits per heavy atom. The number of aromatic nitrogens is 2. The Morgan fingerprint density at radius 2 is 0.362 bits per heavy atom. The topological polar surface area (TPSA) is 9.86 Å². The van der Waals surface area contributed by atoms with Crippen molar-refractivity contribution in [2.24, 2.45) is 0 Å². The zero-order chi connectivity index (χ0) is 52.9. The molecule has 0 aliphatic heterocycles. The Kier molecular flexibility index (Phi) is 11.6. The summed E-state index contributed by atoms with van der Waals surface area (Å²) in [6.45, 7) is 0. The van der Waals surface area contributed by atoms with Crippen LogP contribution in [0.1, 0.15) is 0 Å². The van der Waals surface area contributed by atoms with E-state index < -0.39 is 0 Å². The van der Waals surface area contributed by atoms with Gasteiger partial charge < -0.3 is 9.13 Å². The van der Waals surface area contributed by atoms with E-state index in [1.54, 1.807) is 0 Å². The second-order valence-electron chi connectivity index (χ2n) is 20.9. The van der Waals surface area contributed by atoms with Crippen LogP contribution in [0.5, 0.6) is 0 Å². The summed E-state index contributed by atoms with van der Waals surface area (Å²) in [5, 5.41) is 4.83. The molecule has 0 spiro atoms. The third-order valence-electron chi connectivity index (χ3n) is 16.1. The van der Waals surface area contributed by atoms with Crippen molar-refractivity contribution in [1.82, 2.24) is 9.13 Å². The predicted octanol–water partition coefficient (Wildman–Crippen LogP) is 21.2. The average molecular weight is 1020 g/mol. The number of fused-ring (bicyclic) bond motifs is 6. The minimum Gasteiger partial charge on any atom is -0.309 e. The van der Waals surface area contributed by atoms with E-state index in [-0.39, 0.29) is 0 Å². The molecule has 0 N–H and O–H groups in total. The highest BCUT2D eigenvalue weighted by Gasteiger charge is 2.21. The Labute approximate surface area is 466 Å². The van der Waals surface area contributed by atoms with Gasteiger partial charge in [0.2, 0.25) is 0 Å². The molecule has 374 valence electrons. The first-order valence-electron chi connectivity index (χ1n) is 27.5. The molecule has 2 heteroatoms. The van der Waals surface area contributed by atoms with Crippen LogP contribution in [0.2, 0.25) is 0 Å². The van der Waals surface area contributed by atoms with E-state index in [1.165, 1.54) is 111 Å². The van der Waals surface area contributed by atoms with E-state index >= 15 is 0 Å². The first-order valence-corrected chi connectivity index (χ1v) is 27.5. The van der Waals surface area contributed by atoms with Crippen LogP contribution in [0, 0.1) is 0 Å². The fraction of sp³-hybridized carbons (Fsp3) is 0. The van der Waals surface area contributed by atoms with Gasteiger partial charge in [-0.25, -0.2) is 0 Å². The maximum absolute atomic E-state index is 2.47. The van der Waals surface area contributed by atoms with Crippen LogP contribution >= 0.6 is 0 Å². The van der Waals surface area contributed by atoms with Gasteiger partial charge in [0.1, 0.15) is 0 Å². The van der Waals surface area contributed by atoms with E-state index in [0.717, 1.165) is 33.4 Å². The lowest BCUT2D eigenvalue weighted by atomic mass is 9.92. The molecule has 0 atom stereocenters. The minimum absolute atomic E-state index is 1.13. The number of para-hydroxylation sites is 2. The third-order valence-corrected chi connectivity index (χ3v) is 16.1. The molecule has 0 aliphatic rings. The quantitative estimate of drug-likeness (QED) is 0.129. The molecule has 80 heavy (non-hydrogen) atoms. The van der Waals surface area contributed by atoms with Gasteiger partial charge in [-0.2, -0.15) is 0 Å². The Bertz CT molecular complexity index is 4430. The molecule has 15 aromatic rings. The van der Waals surface area contributed by atoms with Crippen LogP contribution in [0.3, 0.4) is 0 Å². The van der Waals surface area contributed by atoms with Gasteiger partial charge in [0.05, 0.1) is 22.1 Å². The van der Waals surface area contributed by atoms with Gasteiger partial charge in [-0.05, 0) is 186 Å². The number of hydrogen-bond donors (Lipinski definition) is 0. The molecule has 0 amide bonds. The van der Waals surface area contributed by atoms with Crippen LogP contribution in [0.15, 0.2) is 315 Å². The van der Waals surface area contributed by atoms with Crippen molar-refractivity contribution in [3.05, 3.63) is 315 Å². The molecule has 0 saturated heterocycles. The highest BCUT2D eigenvalue weighted by molar-refractivity contribution is 6.20. The molecule has 2 aromatic heterocycles. The summed E-state index contributed by atoms with van der Waals surface area (Å²) in [7, 11) is 0. The van der Waals surface area contributed by atoms with E-state index in [1.807, 2.05) is 0 Å². The highest BCUT2D eigenvalue weighted by atomic mass is 15.0. The van der Waals surface area contributed by atoms with Gasteiger partial charge in [-0.15, -0.1) is 0 Å². The summed E-state index contributed by atoms with van der Waals surface area (Å²) in [6, 6.07) is 116. The summed E-state index contributed by atoms with van der Waals surface area (Å²) < 4.78 is 4.91. The van der Waals surface area contributed by atoms with E-state index in [0.29, 0.717) is 0 Å². The van der Waals surface area contributed by atoms with Gasteiger partial charge in [-0.3, -0.25) is 0 Å². The van der Waals surface area contributed by atoms with Crippen molar-refractivity contribution in [2.45, 2.75) is 0 Å². The molecule has 13 aromatic carbocycles. The van der Waals surface area contributed by atoms with Crippen molar-refractivity contribution >= 4 is 43.6 Å². The standard InChI is InChI=1S/C78H52N2/c1-7-19-53(20-8-1)57-31-35-59(36-32-57)65-43-63(55-23-11-3-12-24-55)45-67(47-65)61-39-41-75-71(49-61)73-51-74-72-50-62(40-42-76(72)80(70-29-17-6-18-30-70)78(74)52-77(73)79(75)69-27-15-5-16-28-69)68-46-64(56-25-13-4-14-26-56)44-66(48-68)60-37-33-58(34-38-60)54-21-9-2-10-22-54/h1-52H. The Hall–Kier alpha value is -10.5. The first-order chi connectivity index (χ1) is 39.6. The minimum atomic E-state index is 1.13. The second kappa shape index (κ2) is 19.8. The monoisotopic (exact) mass is 1020 g/mol. The smallest absolute Gasteiger partial charge is 0.0562 e. The largest absolute Gasteiger partial charge is 0.309 e. The molecular weight excluding hydrogens is 965 g/mol. The fourth-order valence-corrected chi connectivity index (χ4v) is 12.1. The van der Waals surface area contributed by atoms with Crippen LogP contribution in [-0.2, 0) is 0 Å². The first kappa shape index (κ1) is 46.7. The van der Waals surface area contributed by atoms with Crippen LogP contribution < -0.4 is 0 Å². The van der Waals surface area contributed by atoms with Crippen molar-refractivity contribution in [2.75, 3.05) is 0 Å². The van der Waals surface area contributed by atoms with Gasteiger partial charge in [0.25, 0.3) is 0 Å². The molecule has 0 radical (unpaired) electrons. The summed E-state index contributed by atoms with van der Waals surface area (Å²) in [4.78, 5) is 0. The van der Waals surface area contributed by atoms with Crippen LogP contribution in [0.25, 0.3) is 144 Å². The van der Waals surface area contributed by atoms with Gasteiger partial charge in [-0.1, -0.05) is 218 Å². The van der Waals surface area contributed by atoms with Gasteiger partial charge in [0.15, 0.2) is 0 Å². The van der Waals surface area contributed by atoms with Gasteiger partial charge in [0, 0.05) is 32.9 Å². The van der Waals surface area contributed by atoms with Crippen molar-refractivity contribution < 1.29 is 0 Å². The second-order valence-corrected chi connectivity index (χ2v) is 20.9. The lowest BCUT2D eigenvalue weighted by Gasteiger charge is -2.13. The Balaban J connectivity index is 0.931. The number of benzene rings is 13. The molecule has 2 heterocycles. The number of rotatable bonds is 10. The SMILES string of the molecule is c1ccc(-c2ccc(-c3cc(-c4ccccc4)cc(-c4ccc5c(c4)c4cc6c7cc(-c8cc(-c9ccccc9)cc(-c9ccc(-c%10ccccc%10)cc9)c8)ccc7n(-c7ccccc7)c6cc4n5-c4ccccc4)c3)cc2)cc1. The third kappa shape index (κ3) is 8.48. The lowest BCUT2D eigenvalue weighted by Crippen LogP contribution is -1.95. The summed E-state index contributed by atoms with van der Waals surface area (Å²) in [5.41, 5.74) is 25.9. The summed E-state index contributed by atoms with van der Waals surface area (Å²) in [5.74, 6) is 0. The molecular formula is C78H52N2. The zero-order valence-corrected chi connectivity index (χ0v) is 43.9. The molecule has 2 nitrogen and oxygen atoms in total. The molecule has 0 bridgehead atoms. The molecule has 0 saturated carbocycles. The van der Waals surface area contributed by atoms with E-state index in [2.05, 4.69) is 325 Å². The van der Waals surface area contributed by atoms with Crippen molar-refractivity contribution in [1.29, 1.82) is 0 Å². The summed E-state index contributed by atoms with van der Waals surface area (Å²) in [6.07, 6.45) is 0. The number of hydrogen-bond acceptors (Lipinski definition) is 0. The van der Waals surface area contributed by atoms with E-state index in [4.69, 9.17) is 0 Å². The zero-order valence-electron chi connectivity index (χ0n) is 43.9. The lowest BCUT2D eigenvalue weighted by molar-refractivity contribution is 1.16. The van der Waals surface area contributed by atoms with Crippen LogP contribution in [0.4, 0.5) is 0 Å². The fourth-order valence-electron chi connectivity index (χ4n) is 12.1. The molecule has 15 rings (SSSR count). The maximum atomic E-state index is 2.47. The molecule has 0 fully saturated rings. The van der Waals surface area contributed by atoms with Crippen molar-refractivity contribution in [3.63, 3.8) is 0 Å². The van der Waals surface area contributed by atoms with E-state index in [9.17, 15) is 0 Å². The highest BCUT2D eigenvalue weighted by Crippen LogP contribution is 2.44.